The highest BCUT2D eigenvalue weighted by molar-refractivity contribution is 8.01. The zero-order valence-corrected chi connectivity index (χ0v) is 17.9. The summed E-state index contributed by atoms with van der Waals surface area (Å²) in [6.45, 7) is 0. The SMILES string of the molecule is COc1ccccc1Nc1nnc(SCCC(=O)Nc2ccccc2SC)s1. The fraction of sp³-hybridized carbons (Fsp3) is 0.211. The van der Waals surface area contributed by atoms with Crippen LogP contribution in [0.25, 0.3) is 0 Å². The first-order valence-corrected chi connectivity index (χ1v) is 11.5. The van der Waals surface area contributed by atoms with Gasteiger partial charge in [-0.25, -0.2) is 0 Å². The molecule has 2 aromatic carbocycles. The summed E-state index contributed by atoms with van der Waals surface area (Å²) in [6.07, 6.45) is 2.40. The molecule has 28 heavy (non-hydrogen) atoms. The highest BCUT2D eigenvalue weighted by Crippen LogP contribution is 2.31. The minimum absolute atomic E-state index is 0.00844. The highest BCUT2D eigenvalue weighted by atomic mass is 32.2. The Balaban J connectivity index is 1.48. The summed E-state index contributed by atoms with van der Waals surface area (Å²) < 4.78 is 6.14. The summed E-state index contributed by atoms with van der Waals surface area (Å²) in [5.74, 6) is 1.37. The van der Waals surface area contributed by atoms with E-state index in [0.717, 1.165) is 26.4 Å². The first kappa shape index (κ1) is 20.5. The van der Waals surface area contributed by atoms with Crippen molar-refractivity contribution in [1.82, 2.24) is 10.2 Å². The standard InChI is InChI=1S/C19H20N4O2S3/c1-25-15-9-5-3-7-13(15)21-18-22-23-19(28-18)27-12-11-17(24)20-14-8-4-6-10-16(14)26-2/h3-10H,11-12H2,1-2H3,(H,20,24)(H,21,22). The van der Waals surface area contributed by atoms with Gasteiger partial charge in [-0.05, 0) is 30.5 Å². The molecule has 0 bridgehead atoms. The van der Waals surface area contributed by atoms with E-state index in [-0.39, 0.29) is 5.91 Å². The van der Waals surface area contributed by atoms with Gasteiger partial charge in [-0.1, -0.05) is 47.4 Å². The van der Waals surface area contributed by atoms with Crippen LogP contribution < -0.4 is 15.4 Å². The predicted octanol–water partition coefficient (Wildman–Crippen LogP) is 5.13. The predicted molar refractivity (Wildman–Crippen MR) is 118 cm³/mol. The number of anilines is 3. The summed E-state index contributed by atoms with van der Waals surface area (Å²) >= 11 is 4.58. The van der Waals surface area contributed by atoms with Gasteiger partial charge in [0, 0.05) is 17.1 Å². The van der Waals surface area contributed by atoms with E-state index in [9.17, 15) is 4.79 Å². The number of hydrogen-bond donors (Lipinski definition) is 2. The number of amides is 1. The van der Waals surface area contributed by atoms with Crippen molar-refractivity contribution >= 4 is 57.3 Å². The molecule has 0 atom stereocenters. The van der Waals surface area contributed by atoms with E-state index in [0.29, 0.717) is 17.3 Å². The number of thioether (sulfide) groups is 2. The third-order valence-electron chi connectivity index (χ3n) is 3.69. The Labute approximate surface area is 176 Å². The van der Waals surface area contributed by atoms with Crippen molar-refractivity contribution < 1.29 is 9.53 Å². The maximum absolute atomic E-state index is 12.2. The van der Waals surface area contributed by atoms with Gasteiger partial charge in [0.25, 0.3) is 0 Å². The Morgan fingerprint density at radius 3 is 2.64 bits per heavy atom. The summed E-state index contributed by atoms with van der Waals surface area (Å²) in [6, 6.07) is 15.4. The molecule has 0 saturated heterocycles. The number of carbonyl (C=O) groups is 1. The fourth-order valence-corrected chi connectivity index (χ4v) is 4.70. The number of para-hydroxylation sites is 3. The quantitative estimate of drug-likeness (QED) is 0.454. The molecule has 9 heteroatoms. The average molecular weight is 433 g/mol. The van der Waals surface area contributed by atoms with E-state index >= 15 is 0 Å². The van der Waals surface area contributed by atoms with Crippen LogP contribution in [0.1, 0.15) is 6.42 Å². The van der Waals surface area contributed by atoms with Gasteiger partial charge >= 0.3 is 0 Å². The Bertz CT molecular complexity index is 933. The molecule has 6 nitrogen and oxygen atoms in total. The monoisotopic (exact) mass is 432 g/mol. The molecule has 0 aliphatic heterocycles. The van der Waals surface area contributed by atoms with E-state index in [4.69, 9.17) is 4.74 Å². The summed E-state index contributed by atoms with van der Waals surface area (Å²) in [5.41, 5.74) is 1.69. The van der Waals surface area contributed by atoms with E-state index in [1.165, 1.54) is 23.1 Å². The second-order valence-electron chi connectivity index (χ2n) is 5.55. The van der Waals surface area contributed by atoms with E-state index in [1.807, 2.05) is 54.8 Å². The van der Waals surface area contributed by atoms with Crippen LogP contribution in [-0.4, -0.2) is 35.2 Å². The van der Waals surface area contributed by atoms with Crippen LogP contribution in [0.15, 0.2) is 57.8 Å². The van der Waals surface area contributed by atoms with Gasteiger partial charge in [-0.15, -0.1) is 22.0 Å². The summed E-state index contributed by atoms with van der Waals surface area (Å²) in [7, 11) is 1.63. The molecular formula is C19H20N4O2S3. The van der Waals surface area contributed by atoms with Crippen LogP contribution in [-0.2, 0) is 4.79 Å². The summed E-state index contributed by atoms with van der Waals surface area (Å²) in [5, 5.41) is 15.2. The number of nitrogens with one attached hydrogen (secondary N) is 2. The van der Waals surface area contributed by atoms with Crippen LogP contribution in [0.2, 0.25) is 0 Å². The number of methoxy groups -OCH3 is 1. The van der Waals surface area contributed by atoms with Crippen molar-refractivity contribution in [2.45, 2.75) is 15.7 Å². The van der Waals surface area contributed by atoms with Crippen molar-refractivity contribution in [3.8, 4) is 5.75 Å². The van der Waals surface area contributed by atoms with Crippen LogP contribution in [0.3, 0.4) is 0 Å². The molecule has 1 amide bonds. The number of hydrogen-bond acceptors (Lipinski definition) is 8. The summed E-state index contributed by atoms with van der Waals surface area (Å²) in [4.78, 5) is 13.3. The largest absolute Gasteiger partial charge is 0.495 e. The number of aromatic nitrogens is 2. The number of benzene rings is 2. The van der Waals surface area contributed by atoms with Crippen molar-refractivity contribution in [2.75, 3.05) is 29.8 Å². The number of ether oxygens (including phenoxy) is 1. The lowest BCUT2D eigenvalue weighted by atomic mass is 10.3. The van der Waals surface area contributed by atoms with Crippen LogP contribution in [0, 0.1) is 0 Å². The molecule has 2 N–H and O–H groups in total. The van der Waals surface area contributed by atoms with E-state index in [2.05, 4.69) is 20.8 Å². The zero-order chi connectivity index (χ0) is 19.8. The van der Waals surface area contributed by atoms with E-state index in [1.54, 1.807) is 18.9 Å². The fourth-order valence-electron chi connectivity index (χ4n) is 2.37. The molecule has 0 fully saturated rings. The normalized spacial score (nSPS) is 10.5. The Kier molecular flexibility index (Phi) is 7.58. The van der Waals surface area contributed by atoms with Crippen molar-refractivity contribution in [3.63, 3.8) is 0 Å². The molecule has 0 aliphatic carbocycles. The first-order chi connectivity index (χ1) is 13.7. The lowest BCUT2D eigenvalue weighted by Gasteiger charge is -2.08. The Morgan fingerprint density at radius 1 is 1.11 bits per heavy atom. The maximum Gasteiger partial charge on any atom is 0.225 e. The third kappa shape index (κ3) is 5.63. The second-order valence-corrected chi connectivity index (χ2v) is 8.71. The van der Waals surface area contributed by atoms with Gasteiger partial charge in [0.15, 0.2) is 4.34 Å². The van der Waals surface area contributed by atoms with Gasteiger partial charge in [0.1, 0.15) is 5.75 Å². The van der Waals surface area contributed by atoms with Gasteiger partial charge in [0.05, 0.1) is 18.5 Å². The van der Waals surface area contributed by atoms with Crippen LogP contribution in [0.5, 0.6) is 5.75 Å². The van der Waals surface area contributed by atoms with Gasteiger partial charge in [-0.3, -0.25) is 4.79 Å². The van der Waals surface area contributed by atoms with Crippen molar-refractivity contribution in [2.24, 2.45) is 0 Å². The van der Waals surface area contributed by atoms with E-state index < -0.39 is 0 Å². The smallest absolute Gasteiger partial charge is 0.225 e. The molecule has 0 saturated carbocycles. The number of nitrogens with zero attached hydrogens (tertiary/aromatic N) is 2. The molecule has 1 aromatic heterocycles. The molecule has 0 spiro atoms. The first-order valence-electron chi connectivity index (χ1n) is 8.49. The van der Waals surface area contributed by atoms with Crippen LogP contribution in [0.4, 0.5) is 16.5 Å². The topological polar surface area (TPSA) is 76.1 Å². The number of rotatable bonds is 9. The molecule has 3 aromatic rings. The van der Waals surface area contributed by atoms with Gasteiger partial charge in [0.2, 0.25) is 11.0 Å². The third-order valence-corrected chi connectivity index (χ3v) is 6.46. The molecule has 146 valence electrons. The van der Waals surface area contributed by atoms with Crippen molar-refractivity contribution in [3.05, 3.63) is 48.5 Å². The lowest BCUT2D eigenvalue weighted by molar-refractivity contribution is -0.115. The molecule has 0 unspecified atom stereocenters. The zero-order valence-electron chi connectivity index (χ0n) is 15.5. The Hall–Kier alpha value is -2.23. The average Bonchev–Trinajstić information content (AvgIpc) is 3.16. The maximum atomic E-state index is 12.2. The molecule has 0 aliphatic rings. The Morgan fingerprint density at radius 2 is 1.86 bits per heavy atom. The molecule has 3 rings (SSSR count). The number of carbonyl (C=O) groups excluding carboxylic acids is 1. The molecule has 0 radical (unpaired) electrons. The molecule has 1 heterocycles. The lowest BCUT2D eigenvalue weighted by Crippen LogP contribution is -2.12. The second kappa shape index (κ2) is 10.4. The van der Waals surface area contributed by atoms with Crippen molar-refractivity contribution in [1.29, 1.82) is 0 Å². The van der Waals surface area contributed by atoms with Gasteiger partial charge < -0.3 is 15.4 Å². The highest BCUT2D eigenvalue weighted by Gasteiger charge is 2.10. The van der Waals surface area contributed by atoms with Crippen LogP contribution >= 0.6 is 34.9 Å². The molecular weight excluding hydrogens is 412 g/mol. The minimum Gasteiger partial charge on any atom is -0.495 e. The minimum atomic E-state index is -0.00844. The van der Waals surface area contributed by atoms with Gasteiger partial charge in [-0.2, -0.15) is 0 Å².